The summed E-state index contributed by atoms with van der Waals surface area (Å²) in [5.74, 6) is 0.862. The maximum atomic E-state index is 13.0. The first-order chi connectivity index (χ1) is 4.52. The highest BCUT2D eigenvalue weighted by Gasteiger charge is 2.57. The Bertz CT molecular complexity index is 149. The highest BCUT2D eigenvalue weighted by atomic mass is 31.0. The lowest BCUT2D eigenvalue weighted by Gasteiger charge is -2.58. The van der Waals surface area contributed by atoms with Crippen molar-refractivity contribution in [2.24, 2.45) is 11.3 Å². The van der Waals surface area contributed by atoms with Gasteiger partial charge >= 0.3 is 0 Å². The molecule has 2 aliphatic rings. The van der Waals surface area contributed by atoms with Crippen LogP contribution in [-0.4, -0.2) is 5.41 Å². The van der Waals surface area contributed by atoms with Gasteiger partial charge in [0.2, 0.25) is 0 Å². The Balaban J connectivity index is 1.91. The molecule has 0 aromatic heterocycles. The van der Waals surface area contributed by atoms with Gasteiger partial charge in [0, 0.05) is 0 Å². The van der Waals surface area contributed by atoms with Gasteiger partial charge in [-0.05, 0) is 37.0 Å². The van der Waals surface area contributed by atoms with Gasteiger partial charge in [0.1, 0.15) is 5.41 Å². The molecule has 2 heteroatoms. The standard InChI is InChI=1S/C8H14FP/c1-6-2-7(3-6)4-8(9,10)5-7/h6H,2-5,10H2,1H3. The van der Waals surface area contributed by atoms with Gasteiger partial charge in [-0.2, -0.15) is 0 Å². The molecule has 0 aromatic rings. The van der Waals surface area contributed by atoms with Crippen LogP contribution in [0.4, 0.5) is 4.39 Å². The van der Waals surface area contributed by atoms with Crippen molar-refractivity contribution in [2.45, 2.75) is 38.0 Å². The van der Waals surface area contributed by atoms with Gasteiger partial charge in [-0.25, -0.2) is 4.39 Å². The molecule has 0 amide bonds. The van der Waals surface area contributed by atoms with Crippen molar-refractivity contribution < 1.29 is 4.39 Å². The van der Waals surface area contributed by atoms with Gasteiger partial charge in [-0.3, -0.25) is 0 Å². The molecule has 0 radical (unpaired) electrons. The lowest BCUT2D eigenvalue weighted by Crippen LogP contribution is -2.52. The molecule has 2 fully saturated rings. The van der Waals surface area contributed by atoms with Crippen molar-refractivity contribution in [3.8, 4) is 0 Å². The van der Waals surface area contributed by atoms with E-state index in [9.17, 15) is 4.39 Å². The average molecular weight is 160 g/mol. The largest absolute Gasteiger partial charge is 0.239 e. The average Bonchev–Trinajstić information content (AvgIpc) is 1.55. The molecule has 1 atom stereocenters. The molecule has 2 rings (SSSR count). The first kappa shape index (κ1) is 7.03. The van der Waals surface area contributed by atoms with Gasteiger partial charge in [-0.15, -0.1) is 0 Å². The third-order valence-electron chi connectivity index (χ3n) is 2.90. The van der Waals surface area contributed by atoms with Crippen molar-refractivity contribution in [1.82, 2.24) is 0 Å². The Morgan fingerprint density at radius 1 is 1.40 bits per heavy atom. The van der Waals surface area contributed by atoms with Crippen LogP contribution in [0.5, 0.6) is 0 Å². The van der Waals surface area contributed by atoms with Crippen molar-refractivity contribution in [3.05, 3.63) is 0 Å². The Morgan fingerprint density at radius 2 is 1.90 bits per heavy atom. The Kier molecular flexibility index (Phi) is 1.23. The van der Waals surface area contributed by atoms with Crippen LogP contribution >= 0.6 is 9.24 Å². The Morgan fingerprint density at radius 3 is 2.20 bits per heavy atom. The van der Waals surface area contributed by atoms with E-state index in [1.165, 1.54) is 12.8 Å². The molecule has 0 bridgehead atoms. The van der Waals surface area contributed by atoms with E-state index in [0.717, 1.165) is 18.8 Å². The van der Waals surface area contributed by atoms with Crippen LogP contribution in [0.1, 0.15) is 32.6 Å². The van der Waals surface area contributed by atoms with Crippen molar-refractivity contribution in [3.63, 3.8) is 0 Å². The molecular formula is C8H14FP. The fourth-order valence-corrected chi connectivity index (χ4v) is 3.77. The van der Waals surface area contributed by atoms with E-state index in [0.29, 0.717) is 5.41 Å². The first-order valence-electron chi connectivity index (χ1n) is 3.99. The Labute approximate surface area is 63.8 Å². The van der Waals surface area contributed by atoms with Crippen LogP contribution in [0.15, 0.2) is 0 Å². The number of hydrogen-bond donors (Lipinski definition) is 0. The summed E-state index contributed by atoms with van der Waals surface area (Å²) in [6, 6.07) is 0. The molecule has 58 valence electrons. The highest BCUT2D eigenvalue weighted by Crippen LogP contribution is 2.65. The molecule has 0 saturated heterocycles. The maximum Gasteiger partial charge on any atom is 0.124 e. The number of halogens is 1. The Hall–Kier alpha value is 0.360. The quantitative estimate of drug-likeness (QED) is 0.478. The third kappa shape index (κ3) is 0.906. The summed E-state index contributed by atoms with van der Waals surface area (Å²) in [6.07, 6.45) is 4.14. The van der Waals surface area contributed by atoms with Crippen LogP contribution in [0.3, 0.4) is 0 Å². The van der Waals surface area contributed by atoms with Crippen LogP contribution in [0.25, 0.3) is 0 Å². The normalized spacial score (nSPS) is 59.7. The number of alkyl halides is 1. The predicted molar refractivity (Wildman–Crippen MR) is 43.6 cm³/mol. The zero-order valence-corrected chi connectivity index (χ0v) is 7.52. The molecule has 0 N–H and O–H groups in total. The summed E-state index contributed by atoms with van der Waals surface area (Å²) in [4.78, 5) is 0. The maximum absolute atomic E-state index is 13.0. The summed E-state index contributed by atoms with van der Waals surface area (Å²) in [7, 11) is 2.33. The van der Waals surface area contributed by atoms with E-state index in [2.05, 4.69) is 16.2 Å². The van der Waals surface area contributed by atoms with Crippen LogP contribution in [0.2, 0.25) is 0 Å². The SMILES string of the molecule is CC1CC2(C1)CC(F)(P)C2. The van der Waals surface area contributed by atoms with Crippen LogP contribution in [-0.2, 0) is 0 Å². The smallest absolute Gasteiger partial charge is 0.124 e. The number of hydrogen-bond acceptors (Lipinski definition) is 0. The topological polar surface area (TPSA) is 0 Å². The summed E-state index contributed by atoms with van der Waals surface area (Å²) in [5, 5.41) is -0.889. The van der Waals surface area contributed by atoms with Gasteiger partial charge in [0.05, 0.1) is 0 Å². The molecule has 10 heavy (non-hydrogen) atoms. The van der Waals surface area contributed by atoms with Crippen LogP contribution < -0.4 is 0 Å². The molecule has 0 nitrogen and oxygen atoms in total. The minimum absolute atomic E-state index is 0.454. The minimum Gasteiger partial charge on any atom is -0.239 e. The second-order valence-electron chi connectivity index (χ2n) is 4.40. The predicted octanol–water partition coefficient (Wildman–Crippen LogP) is 2.74. The molecule has 0 aromatic carbocycles. The molecular weight excluding hydrogens is 146 g/mol. The van der Waals surface area contributed by atoms with E-state index < -0.39 is 5.41 Å². The highest BCUT2D eigenvalue weighted by molar-refractivity contribution is 7.18. The van der Waals surface area contributed by atoms with Crippen molar-refractivity contribution in [2.75, 3.05) is 0 Å². The van der Waals surface area contributed by atoms with Crippen molar-refractivity contribution in [1.29, 1.82) is 0 Å². The summed E-state index contributed by atoms with van der Waals surface area (Å²) >= 11 is 0. The summed E-state index contributed by atoms with van der Waals surface area (Å²) in [6.45, 7) is 2.26. The second-order valence-corrected chi connectivity index (χ2v) is 5.44. The fraction of sp³-hybridized carbons (Fsp3) is 1.00. The monoisotopic (exact) mass is 160 g/mol. The van der Waals surface area contributed by atoms with Crippen molar-refractivity contribution >= 4 is 9.24 Å². The van der Waals surface area contributed by atoms with Gasteiger partial charge in [-0.1, -0.05) is 16.2 Å². The minimum atomic E-state index is -0.889. The lowest BCUT2D eigenvalue weighted by molar-refractivity contribution is -0.0907. The summed E-state index contributed by atoms with van der Waals surface area (Å²) in [5.41, 5.74) is 0.454. The summed E-state index contributed by atoms with van der Waals surface area (Å²) < 4.78 is 13.0. The molecule has 2 saturated carbocycles. The van der Waals surface area contributed by atoms with Gasteiger partial charge in [0.15, 0.2) is 0 Å². The van der Waals surface area contributed by atoms with Crippen LogP contribution in [0, 0.1) is 11.3 Å². The van der Waals surface area contributed by atoms with E-state index in [1.54, 1.807) is 0 Å². The number of rotatable bonds is 0. The lowest BCUT2D eigenvalue weighted by atomic mass is 9.51. The van der Waals surface area contributed by atoms with E-state index >= 15 is 0 Å². The molecule has 0 heterocycles. The van der Waals surface area contributed by atoms with Gasteiger partial charge in [0.25, 0.3) is 0 Å². The molecule has 1 spiro atoms. The van der Waals surface area contributed by atoms with E-state index in [4.69, 9.17) is 0 Å². The zero-order chi connectivity index (χ0) is 7.41. The molecule has 0 aliphatic heterocycles. The van der Waals surface area contributed by atoms with Gasteiger partial charge < -0.3 is 0 Å². The molecule has 2 aliphatic carbocycles. The zero-order valence-electron chi connectivity index (χ0n) is 6.36. The van der Waals surface area contributed by atoms with E-state index in [1.807, 2.05) is 0 Å². The second kappa shape index (κ2) is 1.75. The fourth-order valence-electron chi connectivity index (χ4n) is 2.90. The first-order valence-corrected chi connectivity index (χ1v) is 4.57. The third-order valence-corrected chi connectivity index (χ3v) is 3.31. The molecule has 1 unspecified atom stereocenters. The van der Waals surface area contributed by atoms with E-state index in [-0.39, 0.29) is 0 Å².